The normalized spacial score (nSPS) is 16.6. The van der Waals surface area contributed by atoms with E-state index in [1.54, 1.807) is 12.1 Å². The highest BCUT2D eigenvalue weighted by Gasteiger charge is 2.26. The van der Waals surface area contributed by atoms with E-state index in [0.29, 0.717) is 17.5 Å². The Bertz CT molecular complexity index is 840. The lowest BCUT2D eigenvalue weighted by atomic mass is 10.2. The van der Waals surface area contributed by atoms with Crippen molar-refractivity contribution in [1.29, 1.82) is 0 Å². The Kier molecular flexibility index (Phi) is 4.58. The van der Waals surface area contributed by atoms with Gasteiger partial charge in [0.1, 0.15) is 5.75 Å². The summed E-state index contributed by atoms with van der Waals surface area (Å²) in [5.41, 5.74) is 2.08. The molecule has 0 saturated carbocycles. The number of anilines is 1. The van der Waals surface area contributed by atoms with Gasteiger partial charge in [-0.2, -0.15) is 0 Å². The largest absolute Gasteiger partial charge is 0.508 e. The van der Waals surface area contributed by atoms with Crippen molar-refractivity contribution in [3.8, 4) is 17.2 Å². The first-order chi connectivity index (χ1) is 12.7. The average Bonchev–Trinajstić information content (AvgIpc) is 3.19. The molecular weight excluding hydrogens is 328 g/mol. The van der Waals surface area contributed by atoms with Gasteiger partial charge >= 0.3 is 0 Å². The second-order valence-corrected chi connectivity index (χ2v) is 6.53. The van der Waals surface area contributed by atoms with Crippen LogP contribution in [0.15, 0.2) is 59.0 Å². The minimum Gasteiger partial charge on any atom is -0.508 e. The predicted octanol–water partition coefficient (Wildman–Crippen LogP) is 3.33. The molecule has 1 unspecified atom stereocenters. The minimum atomic E-state index is 0.0851. The van der Waals surface area contributed by atoms with Crippen LogP contribution in [0.3, 0.4) is 0 Å². The fraction of sp³-hybridized carbons (Fsp3) is 0.300. The van der Waals surface area contributed by atoms with Crippen molar-refractivity contribution >= 4 is 5.69 Å². The van der Waals surface area contributed by atoms with Gasteiger partial charge in [-0.1, -0.05) is 18.2 Å². The highest BCUT2D eigenvalue weighted by atomic mass is 16.4. The number of aromatic nitrogens is 2. The summed E-state index contributed by atoms with van der Waals surface area (Å²) in [6.07, 6.45) is 0. The number of hydrogen-bond acceptors (Lipinski definition) is 6. The monoisotopic (exact) mass is 350 g/mol. The van der Waals surface area contributed by atoms with Gasteiger partial charge in [0, 0.05) is 37.4 Å². The molecule has 134 valence electrons. The fourth-order valence-corrected chi connectivity index (χ4v) is 3.29. The van der Waals surface area contributed by atoms with E-state index in [-0.39, 0.29) is 6.04 Å². The molecule has 2 heterocycles. The molecule has 1 N–H and O–H groups in total. The highest BCUT2D eigenvalue weighted by Crippen LogP contribution is 2.26. The smallest absolute Gasteiger partial charge is 0.247 e. The lowest BCUT2D eigenvalue weighted by molar-refractivity contribution is 0.174. The standard InChI is InChI=1S/C20H22N4O2/c1-15(19-21-22-20(26-19)16-5-3-2-4-6-16)23-11-13-24(14-12-23)17-7-9-18(25)10-8-17/h2-10,15,25H,11-14H2,1H3. The van der Waals surface area contributed by atoms with Crippen LogP contribution in [0.1, 0.15) is 18.9 Å². The summed E-state index contributed by atoms with van der Waals surface area (Å²) in [7, 11) is 0. The van der Waals surface area contributed by atoms with Gasteiger partial charge in [-0.3, -0.25) is 4.90 Å². The van der Waals surface area contributed by atoms with Crippen molar-refractivity contribution in [1.82, 2.24) is 15.1 Å². The second kappa shape index (κ2) is 7.17. The Balaban J connectivity index is 1.40. The van der Waals surface area contributed by atoms with Gasteiger partial charge in [0.05, 0.1) is 6.04 Å². The van der Waals surface area contributed by atoms with E-state index >= 15 is 0 Å². The molecule has 1 aromatic heterocycles. The van der Waals surface area contributed by atoms with E-state index in [1.165, 1.54) is 0 Å². The number of nitrogens with zero attached hydrogens (tertiary/aromatic N) is 4. The van der Waals surface area contributed by atoms with E-state index in [0.717, 1.165) is 37.4 Å². The number of aromatic hydroxyl groups is 1. The number of phenols is 1. The van der Waals surface area contributed by atoms with E-state index in [4.69, 9.17) is 4.42 Å². The molecule has 0 radical (unpaired) electrons. The zero-order valence-electron chi connectivity index (χ0n) is 14.7. The van der Waals surface area contributed by atoms with Crippen molar-refractivity contribution < 1.29 is 9.52 Å². The number of benzene rings is 2. The topological polar surface area (TPSA) is 65.6 Å². The summed E-state index contributed by atoms with van der Waals surface area (Å²) < 4.78 is 5.90. The summed E-state index contributed by atoms with van der Waals surface area (Å²) in [5.74, 6) is 1.52. The highest BCUT2D eigenvalue weighted by molar-refractivity contribution is 5.52. The third-order valence-corrected chi connectivity index (χ3v) is 4.90. The SMILES string of the molecule is CC(c1nnc(-c2ccccc2)o1)N1CCN(c2ccc(O)cc2)CC1. The molecule has 2 aromatic carbocycles. The summed E-state index contributed by atoms with van der Waals surface area (Å²) in [6.45, 7) is 5.80. The van der Waals surface area contributed by atoms with Crippen molar-refractivity contribution in [3.05, 3.63) is 60.5 Å². The van der Waals surface area contributed by atoms with Gasteiger partial charge in [0.2, 0.25) is 11.8 Å². The Morgan fingerprint density at radius 2 is 1.62 bits per heavy atom. The van der Waals surface area contributed by atoms with E-state index in [2.05, 4.69) is 26.9 Å². The molecule has 6 heteroatoms. The van der Waals surface area contributed by atoms with Crippen molar-refractivity contribution in [2.75, 3.05) is 31.1 Å². The molecule has 26 heavy (non-hydrogen) atoms. The van der Waals surface area contributed by atoms with Crippen LogP contribution in [0.5, 0.6) is 5.75 Å². The predicted molar refractivity (Wildman–Crippen MR) is 100 cm³/mol. The zero-order chi connectivity index (χ0) is 17.9. The molecule has 0 bridgehead atoms. The molecule has 4 rings (SSSR count). The van der Waals surface area contributed by atoms with Gasteiger partial charge in [0.25, 0.3) is 0 Å². The number of hydrogen-bond donors (Lipinski definition) is 1. The molecule has 0 spiro atoms. The summed E-state index contributed by atoms with van der Waals surface area (Å²) in [5, 5.41) is 17.9. The third-order valence-electron chi connectivity index (χ3n) is 4.90. The van der Waals surface area contributed by atoms with E-state index in [9.17, 15) is 5.11 Å². The van der Waals surface area contributed by atoms with Crippen LogP contribution in [0.4, 0.5) is 5.69 Å². The lowest BCUT2D eigenvalue weighted by Crippen LogP contribution is -2.47. The maximum absolute atomic E-state index is 9.43. The van der Waals surface area contributed by atoms with Gasteiger partial charge in [-0.05, 0) is 43.3 Å². The molecule has 1 fully saturated rings. The first-order valence-corrected chi connectivity index (χ1v) is 8.87. The zero-order valence-corrected chi connectivity index (χ0v) is 14.7. The number of rotatable bonds is 4. The minimum absolute atomic E-state index is 0.0851. The second-order valence-electron chi connectivity index (χ2n) is 6.53. The molecule has 1 atom stereocenters. The summed E-state index contributed by atoms with van der Waals surface area (Å²) >= 11 is 0. The molecule has 1 aliphatic rings. The number of piperazine rings is 1. The van der Waals surface area contributed by atoms with E-state index < -0.39 is 0 Å². The van der Waals surface area contributed by atoms with Gasteiger partial charge < -0.3 is 14.4 Å². The van der Waals surface area contributed by atoms with Crippen molar-refractivity contribution in [2.45, 2.75) is 13.0 Å². The summed E-state index contributed by atoms with van der Waals surface area (Å²) in [6, 6.07) is 17.3. The molecular formula is C20H22N4O2. The Hall–Kier alpha value is -2.86. The van der Waals surface area contributed by atoms with Crippen LogP contribution in [0.2, 0.25) is 0 Å². The van der Waals surface area contributed by atoms with Crippen LogP contribution < -0.4 is 4.90 Å². The van der Waals surface area contributed by atoms with Crippen molar-refractivity contribution in [2.24, 2.45) is 0 Å². The van der Waals surface area contributed by atoms with Gasteiger partial charge in [-0.25, -0.2) is 0 Å². The third kappa shape index (κ3) is 3.41. The Morgan fingerprint density at radius 1 is 0.923 bits per heavy atom. The maximum atomic E-state index is 9.43. The molecule has 1 aliphatic heterocycles. The molecule has 0 amide bonds. The van der Waals surface area contributed by atoms with E-state index in [1.807, 2.05) is 42.5 Å². The van der Waals surface area contributed by atoms with Crippen LogP contribution in [0.25, 0.3) is 11.5 Å². The van der Waals surface area contributed by atoms with Crippen LogP contribution >= 0.6 is 0 Å². The van der Waals surface area contributed by atoms with Crippen molar-refractivity contribution in [3.63, 3.8) is 0 Å². The Labute approximate surface area is 152 Å². The maximum Gasteiger partial charge on any atom is 0.247 e. The van der Waals surface area contributed by atoms with Gasteiger partial charge in [-0.15, -0.1) is 10.2 Å². The average molecular weight is 350 g/mol. The first-order valence-electron chi connectivity index (χ1n) is 8.87. The fourth-order valence-electron chi connectivity index (χ4n) is 3.29. The van der Waals surface area contributed by atoms with Crippen LogP contribution in [-0.2, 0) is 0 Å². The Morgan fingerprint density at radius 3 is 2.31 bits per heavy atom. The molecule has 1 saturated heterocycles. The quantitative estimate of drug-likeness (QED) is 0.779. The summed E-state index contributed by atoms with van der Waals surface area (Å²) in [4.78, 5) is 4.69. The lowest BCUT2D eigenvalue weighted by Gasteiger charge is -2.38. The molecule has 6 nitrogen and oxygen atoms in total. The van der Waals surface area contributed by atoms with Crippen LogP contribution in [-0.4, -0.2) is 46.4 Å². The molecule has 0 aliphatic carbocycles. The van der Waals surface area contributed by atoms with Gasteiger partial charge in [0.15, 0.2) is 0 Å². The van der Waals surface area contributed by atoms with Crippen LogP contribution in [0, 0.1) is 0 Å². The first kappa shape index (κ1) is 16.6. The number of phenolic OH excluding ortho intramolecular Hbond substituents is 1. The molecule has 3 aromatic rings.